The van der Waals surface area contributed by atoms with Gasteiger partial charge in [0.05, 0.1) is 0 Å². The molecule has 1 aromatic heterocycles. The highest BCUT2D eigenvalue weighted by atomic mass is 35.5. The van der Waals surface area contributed by atoms with E-state index in [0.29, 0.717) is 23.8 Å². The summed E-state index contributed by atoms with van der Waals surface area (Å²) in [7, 11) is 0. The lowest BCUT2D eigenvalue weighted by molar-refractivity contribution is 0.693. The third-order valence-electron chi connectivity index (χ3n) is 1.23. The molecule has 1 rings (SSSR count). The van der Waals surface area contributed by atoms with Crippen molar-refractivity contribution in [3.63, 3.8) is 0 Å². The van der Waals surface area contributed by atoms with Gasteiger partial charge in [-0.1, -0.05) is 17.7 Å². The molecule has 3 nitrogen and oxygen atoms in total. The molecule has 0 unspecified atom stereocenters. The minimum Gasteiger partial charge on any atom is -0.329 e. The fourth-order valence-electron chi connectivity index (χ4n) is 0.686. The molecule has 0 fully saturated rings. The van der Waals surface area contributed by atoms with Crippen LogP contribution in [-0.2, 0) is 6.50 Å². The second-order valence-corrected chi connectivity index (χ2v) is 2.60. The maximum atomic E-state index is 7.66. The van der Waals surface area contributed by atoms with Gasteiger partial charge in [-0.15, -0.1) is 0 Å². The highest BCUT2D eigenvalue weighted by Crippen LogP contribution is 2.04. The number of pyridine rings is 1. The zero-order valence-electron chi connectivity index (χ0n) is 8.55. The van der Waals surface area contributed by atoms with E-state index in [-0.39, 0.29) is 0 Å². The fraction of sp³-hybridized carbons (Fsp3) is 0.375. The fourth-order valence-corrected chi connectivity index (χ4v) is 0.798. The minimum atomic E-state index is -1.61. The first kappa shape index (κ1) is 6.83. The van der Waals surface area contributed by atoms with E-state index in [2.05, 4.69) is 10.3 Å². The molecule has 12 heavy (non-hydrogen) atoms. The standard InChI is InChI=1S/C8H12ClN3/c9-8-2-1-7(6-12-8)5-11-4-3-10/h1-2,6,11H,3-5,10H2/i5T2. The van der Waals surface area contributed by atoms with E-state index in [4.69, 9.17) is 20.1 Å². The Kier molecular flexibility index (Phi) is 2.89. The third-order valence-corrected chi connectivity index (χ3v) is 1.45. The largest absolute Gasteiger partial charge is 0.329 e. The van der Waals surface area contributed by atoms with Gasteiger partial charge in [0, 0.05) is 28.5 Å². The monoisotopic (exact) mass is 189 g/mol. The average molecular weight is 190 g/mol. The number of hydrogen-bond acceptors (Lipinski definition) is 3. The second-order valence-electron chi connectivity index (χ2n) is 2.21. The lowest BCUT2D eigenvalue weighted by atomic mass is 10.3. The summed E-state index contributed by atoms with van der Waals surface area (Å²) in [5.74, 6) is 0. The Balaban J connectivity index is 2.75. The predicted octanol–water partition coefficient (Wildman–Crippen LogP) is 0.783. The maximum absolute atomic E-state index is 7.66. The van der Waals surface area contributed by atoms with E-state index in [9.17, 15) is 0 Å². The Morgan fingerprint density at radius 3 is 3.08 bits per heavy atom. The van der Waals surface area contributed by atoms with E-state index in [1.807, 2.05) is 0 Å². The number of hydrogen-bond donors (Lipinski definition) is 2. The van der Waals surface area contributed by atoms with Gasteiger partial charge in [-0.25, -0.2) is 4.98 Å². The molecule has 0 saturated carbocycles. The van der Waals surface area contributed by atoms with Gasteiger partial charge in [0.1, 0.15) is 5.15 Å². The maximum Gasteiger partial charge on any atom is 0.129 e. The van der Waals surface area contributed by atoms with Crippen LogP contribution in [0.25, 0.3) is 0 Å². The number of nitrogens with two attached hydrogens (primary N) is 1. The van der Waals surface area contributed by atoms with Crippen molar-refractivity contribution in [1.29, 1.82) is 0 Å². The van der Waals surface area contributed by atoms with E-state index in [0.717, 1.165) is 0 Å². The van der Waals surface area contributed by atoms with Crippen LogP contribution in [-0.4, -0.2) is 18.1 Å². The molecule has 4 heteroatoms. The molecule has 66 valence electrons. The molecular weight excluding hydrogens is 174 g/mol. The van der Waals surface area contributed by atoms with Crippen molar-refractivity contribution >= 4 is 11.6 Å². The van der Waals surface area contributed by atoms with E-state index >= 15 is 0 Å². The molecule has 1 aromatic rings. The number of nitrogens with one attached hydrogen (secondary N) is 1. The second kappa shape index (κ2) is 5.09. The summed E-state index contributed by atoms with van der Waals surface area (Å²) < 4.78 is 15.3. The van der Waals surface area contributed by atoms with Gasteiger partial charge in [0.2, 0.25) is 0 Å². The Labute approximate surface area is 79.7 Å². The summed E-state index contributed by atoms with van der Waals surface area (Å²) in [4.78, 5) is 3.81. The van der Waals surface area contributed by atoms with E-state index in [1.54, 1.807) is 12.1 Å². The minimum absolute atomic E-state index is 0.350. The van der Waals surface area contributed by atoms with Crippen LogP contribution in [0.4, 0.5) is 0 Å². The van der Waals surface area contributed by atoms with Gasteiger partial charge in [-0.2, -0.15) is 0 Å². The molecule has 0 aliphatic rings. The summed E-state index contributed by atoms with van der Waals surface area (Å²) >= 11 is 5.59. The first-order valence-electron chi connectivity index (χ1n) is 4.63. The van der Waals surface area contributed by atoms with Crippen LogP contribution in [0, 0.1) is 0 Å². The lowest BCUT2D eigenvalue weighted by Gasteiger charge is -2.01. The van der Waals surface area contributed by atoms with Crippen LogP contribution >= 0.6 is 11.6 Å². The predicted molar refractivity (Wildman–Crippen MR) is 50.0 cm³/mol. The van der Waals surface area contributed by atoms with Gasteiger partial charge in [-0.3, -0.25) is 0 Å². The van der Waals surface area contributed by atoms with Gasteiger partial charge >= 0.3 is 0 Å². The van der Waals surface area contributed by atoms with Crippen molar-refractivity contribution in [2.45, 2.75) is 6.50 Å². The molecule has 3 N–H and O–H groups in total. The molecule has 0 radical (unpaired) electrons. The average Bonchev–Trinajstić information content (AvgIpc) is 2.16. The van der Waals surface area contributed by atoms with Crippen molar-refractivity contribution in [2.24, 2.45) is 5.73 Å². The first-order valence-corrected chi connectivity index (χ1v) is 4.01. The zero-order valence-corrected chi connectivity index (χ0v) is 7.30. The van der Waals surface area contributed by atoms with E-state index < -0.39 is 6.50 Å². The SMILES string of the molecule is [3H]C([3H])(NCCN)c1ccc(Cl)nc1. The summed E-state index contributed by atoms with van der Waals surface area (Å²) in [5, 5.41) is 3.02. The normalized spacial score (nSPS) is 13.8. The summed E-state index contributed by atoms with van der Waals surface area (Å²) in [6.07, 6.45) is 1.41. The molecule has 0 saturated heterocycles. The van der Waals surface area contributed by atoms with Crippen LogP contribution in [0.3, 0.4) is 0 Å². The zero-order chi connectivity index (χ0) is 10.6. The summed E-state index contributed by atoms with van der Waals surface area (Å²) in [6.45, 7) is -0.812. The molecule has 0 spiro atoms. The topological polar surface area (TPSA) is 50.9 Å². The highest BCUT2D eigenvalue weighted by Gasteiger charge is 1.92. The van der Waals surface area contributed by atoms with Crippen molar-refractivity contribution in [3.05, 3.63) is 29.0 Å². The van der Waals surface area contributed by atoms with Crippen LogP contribution in [0.15, 0.2) is 18.3 Å². The third kappa shape index (κ3) is 3.17. The molecule has 1 heterocycles. The Hall–Kier alpha value is -0.640. The van der Waals surface area contributed by atoms with Gasteiger partial charge in [0.25, 0.3) is 0 Å². The van der Waals surface area contributed by atoms with Crippen LogP contribution in [0.1, 0.15) is 8.30 Å². The number of halogens is 1. The number of nitrogens with zero attached hydrogens (tertiary/aromatic N) is 1. The van der Waals surface area contributed by atoms with Gasteiger partial charge in [-0.05, 0) is 11.6 Å². The van der Waals surface area contributed by atoms with Crippen LogP contribution in [0.2, 0.25) is 5.15 Å². The van der Waals surface area contributed by atoms with E-state index in [1.165, 1.54) is 6.20 Å². The summed E-state index contributed by atoms with van der Waals surface area (Å²) in [6, 6.07) is 3.15. The molecule has 0 aromatic carbocycles. The van der Waals surface area contributed by atoms with Crippen LogP contribution in [0.5, 0.6) is 0 Å². The number of rotatable bonds is 4. The molecule has 0 amide bonds. The molecule has 0 aliphatic carbocycles. The first-order chi connectivity index (χ1) is 6.56. The van der Waals surface area contributed by atoms with Crippen molar-refractivity contribution in [3.8, 4) is 0 Å². The van der Waals surface area contributed by atoms with Gasteiger partial charge < -0.3 is 11.1 Å². The smallest absolute Gasteiger partial charge is 0.129 e. The Bertz CT molecular complexity index is 289. The summed E-state index contributed by atoms with van der Waals surface area (Å²) in [5.41, 5.74) is 5.71. The van der Waals surface area contributed by atoms with Gasteiger partial charge in [0.15, 0.2) is 0 Å². The molecule has 0 aliphatic heterocycles. The Morgan fingerprint density at radius 1 is 1.67 bits per heavy atom. The van der Waals surface area contributed by atoms with Crippen LogP contribution < -0.4 is 11.1 Å². The Morgan fingerprint density at radius 2 is 2.50 bits per heavy atom. The molecule has 0 bridgehead atoms. The highest BCUT2D eigenvalue weighted by molar-refractivity contribution is 6.29. The van der Waals surface area contributed by atoms with Crippen molar-refractivity contribution in [1.82, 2.24) is 10.3 Å². The molecule has 0 atom stereocenters. The van der Waals surface area contributed by atoms with Crippen molar-refractivity contribution < 1.29 is 2.74 Å². The molecular formula is C8H12ClN3. The van der Waals surface area contributed by atoms with Crippen molar-refractivity contribution in [2.75, 3.05) is 13.1 Å². The number of aromatic nitrogens is 1. The lowest BCUT2D eigenvalue weighted by Crippen LogP contribution is -2.21. The quantitative estimate of drug-likeness (QED) is 0.689.